The first-order valence-corrected chi connectivity index (χ1v) is 13.7. The van der Waals surface area contributed by atoms with Crippen LogP contribution in [0, 0.1) is 11.5 Å². The molecule has 3 heteroatoms. The van der Waals surface area contributed by atoms with Crippen molar-refractivity contribution < 1.29 is 0 Å². The summed E-state index contributed by atoms with van der Waals surface area (Å²) in [6.07, 6.45) is 0. The fourth-order valence-electron chi connectivity index (χ4n) is 1.34. The molecule has 92 valence electrons. The summed E-state index contributed by atoms with van der Waals surface area (Å²) in [6, 6.07) is 6.64. The second kappa shape index (κ2) is 5.13. The Hall–Kier alpha value is -0.306. The summed E-state index contributed by atoms with van der Waals surface area (Å²) >= 11 is 3.59. The van der Waals surface area contributed by atoms with Gasteiger partial charge >= 0.3 is 0 Å². The molecule has 0 amide bonds. The molecule has 0 spiro atoms. The fourth-order valence-corrected chi connectivity index (χ4v) is 3.36. The predicted octanol–water partition coefficient (Wildman–Crippen LogP) is 4.22. The van der Waals surface area contributed by atoms with E-state index in [4.69, 9.17) is 0 Å². The van der Waals surface area contributed by atoms with Gasteiger partial charge in [-0.2, -0.15) is 0 Å². The summed E-state index contributed by atoms with van der Waals surface area (Å²) in [5.74, 6) is 3.35. The Bertz CT molecular complexity index is 468. The quantitative estimate of drug-likeness (QED) is 0.536. The van der Waals surface area contributed by atoms with Crippen molar-refractivity contribution >= 4 is 37.3 Å². The van der Waals surface area contributed by atoms with Crippen LogP contribution in [-0.2, 0) is 0 Å². The highest BCUT2D eigenvalue weighted by Gasteiger charge is 2.17. The van der Waals surface area contributed by atoms with E-state index in [0.29, 0.717) is 0 Å². The Balaban J connectivity index is 3.20. The van der Waals surface area contributed by atoms with Crippen LogP contribution in [0.1, 0.15) is 5.56 Å². The molecule has 0 saturated heterocycles. The Morgan fingerprint density at radius 1 is 1.00 bits per heavy atom. The van der Waals surface area contributed by atoms with Crippen molar-refractivity contribution in [3.05, 3.63) is 28.2 Å². The third kappa shape index (κ3) is 4.83. The Labute approximate surface area is 116 Å². The molecule has 1 aromatic carbocycles. The molecule has 0 bridgehead atoms. The second-order valence-electron chi connectivity index (χ2n) is 6.44. The summed E-state index contributed by atoms with van der Waals surface area (Å²) in [7, 11) is -2.54. The molecule has 0 aliphatic heterocycles. The van der Waals surface area contributed by atoms with Gasteiger partial charge in [-0.15, -0.1) is 5.54 Å². The minimum atomic E-state index is -1.30. The van der Waals surface area contributed by atoms with Crippen molar-refractivity contribution in [1.29, 1.82) is 0 Å². The second-order valence-corrected chi connectivity index (χ2v) is 17.1. The van der Waals surface area contributed by atoms with Gasteiger partial charge in [-0.1, -0.05) is 56.5 Å². The molecule has 1 rings (SSSR count). The van der Waals surface area contributed by atoms with Crippen molar-refractivity contribution in [2.45, 2.75) is 39.3 Å². The maximum Gasteiger partial charge on any atom is 0.129 e. The lowest BCUT2D eigenvalue weighted by Crippen LogP contribution is -2.37. The molecule has 0 heterocycles. The molecule has 0 aromatic heterocycles. The lowest BCUT2D eigenvalue weighted by molar-refractivity contribution is 1.59. The van der Waals surface area contributed by atoms with E-state index in [9.17, 15) is 0 Å². The van der Waals surface area contributed by atoms with Crippen molar-refractivity contribution in [2.24, 2.45) is 0 Å². The SMILES string of the molecule is C[Si](C)(C)C#Cc1cc([Si](C)(C)C)ccc1Br. The summed E-state index contributed by atoms with van der Waals surface area (Å²) in [5, 5.41) is 1.47. The first-order valence-electron chi connectivity index (χ1n) is 5.93. The highest BCUT2D eigenvalue weighted by atomic mass is 79.9. The van der Waals surface area contributed by atoms with Gasteiger partial charge in [-0.3, -0.25) is 0 Å². The number of hydrogen-bond acceptors (Lipinski definition) is 0. The van der Waals surface area contributed by atoms with Crippen LogP contribution in [-0.4, -0.2) is 16.1 Å². The first kappa shape index (κ1) is 14.8. The maximum absolute atomic E-state index is 3.59. The molecule has 17 heavy (non-hydrogen) atoms. The molecule has 0 nitrogen and oxygen atoms in total. The monoisotopic (exact) mass is 324 g/mol. The van der Waals surface area contributed by atoms with Crippen molar-refractivity contribution in [3.8, 4) is 11.5 Å². The zero-order valence-electron chi connectivity index (χ0n) is 11.6. The largest absolute Gasteiger partial charge is 0.129 e. The van der Waals surface area contributed by atoms with Crippen LogP contribution in [0.4, 0.5) is 0 Å². The normalized spacial score (nSPS) is 11.9. The Morgan fingerprint density at radius 2 is 1.59 bits per heavy atom. The molecule has 0 N–H and O–H groups in total. The molecule has 1 aromatic rings. The molecule has 0 radical (unpaired) electrons. The summed E-state index contributed by atoms with van der Waals surface area (Å²) in [6.45, 7) is 13.9. The van der Waals surface area contributed by atoms with Crippen LogP contribution < -0.4 is 5.19 Å². The van der Waals surface area contributed by atoms with Crippen molar-refractivity contribution in [3.63, 3.8) is 0 Å². The average molecular weight is 325 g/mol. The standard InChI is InChI=1S/C14H21BrSi2/c1-16(2,3)10-9-12-11-13(17(4,5)6)7-8-14(12)15/h7-8,11H,1-6H3. The van der Waals surface area contributed by atoms with E-state index in [1.54, 1.807) is 0 Å². The predicted molar refractivity (Wildman–Crippen MR) is 87.3 cm³/mol. The first-order chi connectivity index (χ1) is 7.59. The highest BCUT2D eigenvalue weighted by Crippen LogP contribution is 2.16. The van der Waals surface area contributed by atoms with Crippen LogP contribution in [0.25, 0.3) is 0 Å². The Morgan fingerprint density at radius 3 is 2.06 bits per heavy atom. The molecule has 0 atom stereocenters. The number of rotatable bonds is 1. The zero-order chi connectivity index (χ0) is 13.3. The van der Waals surface area contributed by atoms with E-state index < -0.39 is 16.1 Å². The molecular weight excluding hydrogens is 304 g/mol. The molecule has 0 fully saturated rings. The van der Waals surface area contributed by atoms with Crippen LogP contribution in [0.5, 0.6) is 0 Å². The Kier molecular flexibility index (Phi) is 4.45. The van der Waals surface area contributed by atoms with E-state index in [2.05, 4.69) is 84.9 Å². The van der Waals surface area contributed by atoms with E-state index in [1.807, 2.05) is 0 Å². The smallest absolute Gasteiger partial charge is 0.127 e. The van der Waals surface area contributed by atoms with Crippen molar-refractivity contribution in [1.82, 2.24) is 0 Å². The molecule has 0 aliphatic rings. The lowest BCUT2D eigenvalue weighted by Gasteiger charge is -2.17. The van der Waals surface area contributed by atoms with Gasteiger partial charge in [0.25, 0.3) is 0 Å². The highest BCUT2D eigenvalue weighted by molar-refractivity contribution is 9.10. The third-order valence-electron chi connectivity index (χ3n) is 2.40. The average Bonchev–Trinajstić information content (AvgIpc) is 2.13. The van der Waals surface area contributed by atoms with Gasteiger partial charge in [0.05, 0.1) is 8.07 Å². The van der Waals surface area contributed by atoms with E-state index in [0.717, 1.165) is 10.0 Å². The number of halogens is 1. The minimum absolute atomic E-state index is 1.12. The van der Waals surface area contributed by atoms with Gasteiger partial charge in [-0.25, -0.2) is 0 Å². The summed E-state index contributed by atoms with van der Waals surface area (Å²) < 4.78 is 1.12. The van der Waals surface area contributed by atoms with Gasteiger partial charge in [0, 0.05) is 10.0 Å². The number of hydrogen-bond donors (Lipinski definition) is 0. The molecule has 0 unspecified atom stereocenters. The van der Waals surface area contributed by atoms with Crippen LogP contribution in [0.3, 0.4) is 0 Å². The third-order valence-corrected chi connectivity index (χ3v) is 6.01. The maximum atomic E-state index is 3.59. The molecule has 0 saturated carbocycles. The minimum Gasteiger partial charge on any atom is -0.127 e. The lowest BCUT2D eigenvalue weighted by atomic mass is 10.2. The summed E-state index contributed by atoms with van der Waals surface area (Å²) in [4.78, 5) is 0. The molecular formula is C14H21BrSi2. The van der Waals surface area contributed by atoms with Crippen LogP contribution in [0.15, 0.2) is 22.7 Å². The van der Waals surface area contributed by atoms with E-state index in [1.165, 1.54) is 5.19 Å². The van der Waals surface area contributed by atoms with Gasteiger partial charge < -0.3 is 0 Å². The van der Waals surface area contributed by atoms with E-state index >= 15 is 0 Å². The number of benzene rings is 1. The van der Waals surface area contributed by atoms with Gasteiger partial charge in [-0.05, 0) is 28.1 Å². The molecule has 0 aliphatic carbocycles. The van der Waals surface area contributed by atoms with Crippen molar-refractivity contribution in [2.75, 3.05) is 0 Å². The van der Waals surface area contributed by atoms with Gasteiger partial charge in [0.1, 0.15) is 8.07 Å². The summed E-state index contributed by atoms with van der Waals surface area (Å²) in [5.41, 5.74) is 4.58. The topological polar surface area (TPSA) is 0 Å². The fraction of sp³-hybridized carbons (Fsp3) is 0.429. The van der Waals surface area contributed by atoms with E-state index in [-0.39, 0.29) is 0 Å². The van der Waals surface area contributed by atoms with Gasteiger partial charge in [0.2, 0.25) is 0 Å². The zero-order valence-corrected chi connectivity index (χ0v) is 15.2. The van der Waals surface area contributed by atoms with Crippen LogP contribution in [0.2, 0.25) is 39.3 Å². The van der Waals surface area contributed by atoms with Gasteiger partial charge in [0.15, 0.2) is 0 Å². The van der Waals surface area contributed by atoms with Crippen LogP contribution >= 0.6 is 15.9 Å².